The highest BCUT2D eigenvalue weighted by atomic mass is 16.5. The van der Waals surface area contributed by atoms with E-state index < -0.39 is 0 Å². The summed E-state index contributed by atoms with van der Waals surface area (Å²) in [6, 6.07) is 0.797. The zero-order chi connectivity index (χ0) is 15.4. The van der Waals surface area contributed by atoms with Crippen LogP contribution in [0.5, 0.6) is 0 Å². The number of hydrogen-bond acceptors (Lipinski definition) is 3. The number of carbonyl (C=O) groups is 1. The first-order valence-corrected chi connectivity index (χ1v) is 9.32. The minimum absolute atomic E-state index is 0.262. The number of ether oxygens (including phenoxy) is 1. The van der Waals surface area contributed by atoms with Crippen molar-refractivity contribution in [1.82, 2.24) is 9.80 Å². The van der Waals surface area contributed by atoms with Gasteiger partial charge in [-0.3, -0.25) is 4.79 Å². The van der Waals surface area contributed by atoms with Gasteiger partial charge in [0.2, 0.25) is 5.91 Å². The van der Waals surface area contributed by atoms with Crippen molar-refractivity contribution in [3.8, 4) is 0 Å². The molecule has 2 aliphatic heterocycles. The SMILES string of the molecule is CO[C@H]1CCN(C2CCCC2)CC[C@@H]1CC(=O)N1CCCC1. The van der Waals surface area contributed by atoms with Gasteiger partial charge >= 0.3 is 0 Å². The van der Waals surface area contributed by atoms with Gasteiger partial charge in [0.15, 0.2) is 0 Å². The molecule has 0 radical (unpaired) electrons. The van der Waals surface area contributed by atoms with Crippen LogP contribution in [0, 0.1) is 5.92 Å². The van der Waals surface area contributed by atoms with Crippen LogP contribution < -0.4 is 0 Å². The molecule has 1 saturated carbocycles. The summed E-state index contributed by atoms with van der Waals surface area (Å²) in [5, 5.41) is 0. The Morgan fingerprint density at radius 2 is 1.64 bits per heavy atom. The molecule has 0 aromatic carbocycles. The Morgan fingerprint density at radius 3 is 2.32 bits per heavy atom. The maximum atomic E-state index is 12.5. The van der Waals surface area contributed by atoms with Gasteiger partial charge in [-0.05, 0) is 51.0 Å². The summed E-state index contributed by atoms with van der Waals surface area (Å²) < 4.78 is 5.76. The first-order valence-electron chi connectivity index (χ1n) is 9.32. The number of methoxy groups -OCH3 is 1. The summed E-state index contributed by atoms with van der Waals surface area (Å²) in [6.45, 7) is 4.24. The fraction of sp³-hybridized carbons (Fsp3) is 0.944. The Labute approximate surface area is 135 Å². The smallest absolute Gasteiger partial charge is 0.222 e. The Kier molecular flexibility index (Phi) is 5.75. The monoisotopic (exact) mass is 308 g/mol. The molecular weight excluding hydrogens is 276 g/mol. The molecule has 0 aromatic heterocycles. The van der Waals surface area contributed by atoms with Gasteiger partial charge < -0.3 is 14.5 Å². The zero-order valence-electron chi connectivity index (χ0n) is 14.1. The molecule has 0 spiro atoms. The molecule has 0 N–H and O–H groups in total. The summed E-state index contributed by atoms with van der Waals surface area (Å²) >= 11 is 0. The van der Waals surface area contributed by atoms with E-state index in [4.69, 9.17) is 4.74 Å². The molecule has 2 heterocycles. The minimum Gasteiger partial charge on any atom is -0.381 e. The van der Waals surface area contributed by atoms with Crippen LogP contribution in [0.3, 0.4) is 0 Å². The third-order valence-corrected chi connectivity index (χ3v) is 6.05. The molecule has 2 saturated heterocycles. The minimum atomic E-state index is 0.262. The van der Waals surface area contributed by atoms with Gasteiger partial charge in [-0.2, -0.15) is 0 Å². The fourth-order valence-electron chi connectivity index (χ4n) is 4.66. The van der Waals surface area contributed by atoms with Crippen molar-refractivity contribution >= 4 is 5.91 Å². The van der Waals surface area contributed by atoms with Crippen LogP contribution in [0.2, 0.25) is 0 Å². The van der Waals surface area contributed by atoms with E-state index in [0.29, 0.717) is 18.2 Å². The summed E-state index contributed by atoms with van der Waals surface area (Å²) in [5.41, 5.74) is 0. The predicted molar refractivity (Wildman–Crippen MR) is 87.8 cm³/mol. The first-order chi connectivity index (χ1) is 10.8. The van der Waals surface area contributed by atoms with Crippen molar-refractivity contribution in [3.63, 3.8) is 0 Å². The first kappa shape index (κ1) is 16.3. The molecule has 22 heavy (non-hydrogen) atoms. The van der Waals surface area contributed by atoms with Crippen molar-refractivity contribution in [3.05, 3.63) is 0 Å². The van der Waals surface area contributed by atoms with Gasteiger partial charge in [-0.15, -0.1) is 0 Å². The highest BCUT2D eigenvalue weighted by Gasteiger charge is 2.32. The van der Waals surface area contributed by atoms with Crippen molar-refractivity contribution < 1.29 is 9.53 Å². The van der Waals surface area contributed by atoms with E-state index in [0.717, 1.165) is 45.1 Å². The second-order valence-corrected chi connectivity index (χ2v) is 7.38. The lowest BCUT2D eigenvalue weighted by molar-refractivity contribution is -0.132. The molecule has 0 aromatic rings. The Morgan fingerprint density at radius 1 is 0.955 bits per heavy atom. The van der Waals surface area contributed by atoms with E-state index in [1.165, 1.54) is 38.5 Å². The highest BCUT2D eigenvalue weighted by Crippen LogP contribution is 2.30. The van der Waals surface area contributed by atoms with Crippen LogP contribution in [0.1, 0.15) is 57.8 Å². The van der Waals surface area contributed by atoms with Crippen molar-refractivity contribution in [2.75, 3.05) is 33.3 Å². The highest BCUT2D eigenvalue weighted by molar-refractivity contribution is 5.76. The van der Waals surface area contributed by atoms with Crippen LogP contribution >= 0.6 is 0 Å². The summed E-state index contributed by atoms with van der Waals surface area (Å²) in [4.78, 5) is 17.2. The summed E-state index contributed by atoms with van der Waals surface area (Å²) in [7, 11) is 1.82. The second-order valence-electron chi connectivity index (χ2n) is 7.38. The number of rotatable bonds is 4. The fourth-order valence-corrected chi connectivity index (χ4v) is 4.66. The predicted octanol–water partition coefficient (Wildman–Crippen LogP) is 2.67. The van der Waals surface area contributed by atoms with E-state index >= 15 is 0 Å². The van der Waals surface area contributed by atoms with Gasteiger partial charge in [0.1, 0.15) is 0 Å². The van der Waals surface area contributed by atoms with E-state index in [9.17, 15) is 4.79 Å². The average Bonchev–Trinajstić information content (AvgIpc) is 3.20. The van der Waals surface area contributed by atoms with Crippen molar-refractivity contribution in [2.45, 2.75) is 69.9 Å². The Bertz CT molecular complexity index is 362. The van der Waals surface area contributed by atoms with Crippen LogP contribution in [-0.4, -0.2) is 61.1 Å². The van der Waals surface area contributed by atoms with Crippen molar-refractivity contribution in [2.24, 2.45) is 5.92 Å². The molecule has 2 atom stereocenters. The molecule has 4 heteroatoms. The quantitative estimate of drug-likeness (QED) is 0.800. The van der Waals surface area contributed by atoms with E-state index in [2.05, 4.69) is 9.80 Å². The van der Waals surface area contributed by atoms with Crippen molar-refractivity contribution in [1.29, 1.82) is 0 Å². The van der Waals surface area contributed by atoms with Gasteiger partial charge in [-0.1, -0.05) is 12.8 Å². The molecule has 4 nitrogen and oxygen atoms in total. The van der Waals surface area contributed by atoms with Gasteiger partial charge in [0.05, 0.1) is 6.10 Å². The average molecular weight is 308 g/mol. The molecule has 1 aliphatic carbocycles. The lowest BCUT2D eigenvalue weighted by Crippen LogP contribution is -2.34. The molecule has 3 aliphatic rings. The summed E-state index contributed by atoms with van der Waals surface area (Å²) in [5.74, 6) is 0.767. The van der Waals surface area contributed by atoms with Crippen LogP contribution in [0.25, 0.3) is 0 Å². The molecule has 3 fully saturated rings. The molecule has 0 unspecified atom stereocenters. The standard InChI is InChI=1S/C18H32N2O2/c1-22-17-9-13-19(16-6-2-3-7-16)12-8-15(17)14-18(21)20-10-4-5-11-20/h15-17H,2-14H2,1H3/t15-,17+/m1/s1. The Balaban J connectivity index is 1.56. The van der Waals surface area contributed by atoms with Crippen LogP contribution in [0.4, 0.5) is 0 Å². The summed E-state index contributed by atoms with van der Waals surface area (Å²) in [6.07, 6.45) is 11.1. The second kappa shape index (κ2) is 7.78. The molecule has 126 valence electrons. The third kappa shape index (κ3) is 3.83. The topological polar surface area (TPSA) is 32.8 Å². The molecule has 3 rings (SSSR count). The molecular formula is C18H32N2O2. The van der Waals surface area contributed by atoms with Crippen LogP contribution in [0.15, 0.2) is 0 Å². The maximum absolute atomic E-state index is 12.5. The lowest BCUT2D eigenvalue weighted by Gasteiger charge is -2.27. The van der Waals surface area contributed by atoms with Gasteiger partial charge in [0.25, 0.3) is 0 Å². The van der Waals surface area contributed by atoms with Crippen LogP contribution in [-0.2, 0) is 9.53 Å². The number of carbonyl (C=O) groups excluding carboxylic acids is 1. The van der Waals surface area contributed by atoms with E-state index in [-0.39, 0.29) is 6.10 Å². The van der Waals surface area contributed by atoms with E-state index in [1.54, 1.807) is 0 Å². The lowest BCUT2D eigenvalue weighted by atomic mass is 9.93. The number of likely N-dealkylation sites (tertiary alicyclic amines) is 2. The molecule has 1 amide bonds. The molecule has 0 bridgehead atoms. The maximum Gasteiger partial charge on any atom is 0.222 e. The van der Waals surface area contributed by atoms with E-state index in [1.807, 2.05) is 7.11 Å². The number of nitrogens with zero attached hydrogens (tertiary/aromatic N) is 2. The normalized spacial score (nSPS) is 31.6. The zero-order valence-corrected chi connectivity index (χ0v) is 14.1. The third-order valence-electron chi connectivity index (χ3n) is 6.05. The number of hydrogen-bond donors (Lipinski definition) is 0. The largest absolute Gasteiger partial charge is 0.381 e. The van der Waals surface area contributed by atoms with Gasteiger partial charge in [-0.25, -0.2) is 0 Å². The Hall–Kier alpha value is -0.610. The van der Waals surface area contributed by atoms with Gasteiger partial charge in [0, 0.05) is 39.2 Å². The number of amides is 1.